The molecule has 8 heteroatoms. The van der Waals surface area contributed by atoms with Gasteiger partial charge in [-0.15, -0.1) is 0 Å². The molecular formula is C14H15ClF2N4O. The van der Waals surface area contributed by atoms with E-state index < -0.39 is 6.43 Å². The number of carbonyl (C=O) groups is 1. The van der Waals surface area contributed by atoms with E-state index in [0.29, 0.717) is 37.4 Å². The van der Waals surface area contributed by atoms with Crippen LogP contribution in [-0.4, -0.2) is 55.0 Å². The van der Waals surface area contributed by atoms with Gasteiger partial charge >= 0.3 is 6.03 Å². The van der Waals surface area contributed by atoms with Crippen molar-refractivity contribution >= 4 is 23.3 Å². The third kappa shape index (κ3) is 4.29. The molecule has 1 fully saturated rings. The summed E-state index contributed by atoms with van der Waals surface area (Å²) < 4.78 is 24.6. The average molecular weight is 329 g/mol. The van der Waals surface area contributed by atoms with Crippen LogP contribution in [0.2, 0.25) is 5.02 Å². The van der Waals surface area contributed by atoms with Crippen molar-refractivity contribution < 1.29 is 13.6 Å². The standard InChI is InChI=1S/C14H15ClF2N4O/c15-12-7-11(2-1-10(12)8-18)19-14(22)21-5-3-20(4-6-21)9-13(16)17/h1-2,7,13H,3-6,9H2,(H,19,22). The van der Waals surface area contributed by atoms with Crippen LogP contribution in [-0.2, 0) is 0 Å². The Kier molecular flexibility index (Phi) is 5.52. The van der Waals surface area contributed by atoms with Crippen LogP contribution in [0.4, 0.5) is 19.3 Å². The molecule has 0 aromatic heterocycles. The van der Waals surface area contributed by atoms with Gasteiger partial charge in [0.2, 0.25) is 0 Å². The molecule has 0 aliphatic carbocycles. The van der Waals surface area contributed by atoms with Crippen LogP contribution in [0.3, 0.4) is 0 Å². The summed E-state index contributed by atoms with van der Waals surface area (Å²) in [5, 5.41) is 11.7. The van der Waals surface area contributed by atoms with Crippen LogP contribution >= 0.6 is 11.6 Å². The van der Waals surface area contributed by atoms with Gasteiger partial charge in [-0.25, -0.2) is 13.6 Å². The highest BCUT2D eigenvalue weighted by Gasteiger charge is 2.22. The molecule has 2 amide bonds. The number of nitrogens with one attached hydrogen (secondary N) is 1. The molecule has 1 saturated heterocycles. The van der Waals surface area contributed by atoms with Crippen molar-refractivity contribution in [2.75, 3.05) is 38.0 Å². The van der Waals surface area contributed by atoms with E-state index in [9.17, 15) is 13.6 Å². The van der Waals surface area contributed by atoms with Gasteiger partial charge in [0, 0.05) is 31.9 Å². The topological polar surface area (TPSA) is 59.4 Å². The van der Waals surface area contributed by atoms with E-state index in [1.54, 1.807) is 15.9 Å². The van der Waals surface area contributed by atoms with Gasteiger partial charge in [0.05, 0.1) is 17.1 Å². The van der Waals surface area contributed by atoms with Crippen molar-refractivity contribution in [3.63, 3.8) is 0 Å². The van der Waals surface area contributed by atoms with Crippen LogP contribution in [0.5, 0.6) is 0 Å². The first-order valence-corrected chi connectivity index (χ1v) is 7.13. The summed E-state index contributed by atoms with van der Waals surface area (Å²) in [6.07, 6.45) is -2.36. The first-order valence-electron chi connectivity index (χ1n) is 6.75. The Labute approximate surface area is 132 Å². The van der Waals surface area contributed by atoms with E-state index >= 15 is 0 Å². The highest BCUT2D eigenvalue weighted by atomic mass is 35.5. The molecule has 0 saturated carbocycles. The van der Waals surface area contributed by atoms with Gasteiger partial charge in [0.25, 0.3) is 6.43 Å². The zero-order valence-corrected chi connectivity index (χ0v) is 12.5. The lowest BCUT2D eigenvalue weighted by atomic mass is 10.2. The Morgan fingerprint density at radius 3 is 2.59 bits per heavy atom. The fourth-order valence-electron chi connectivity index (χ4n) is 2.21. The zero-order valence-electron chi connectivity index (χ0n) is 11.7. The average Bonchev–Trinajstić information content (AvgIpc) is 2.47. The molecule has 0 unspecified atom stereocenters. The minimum absolute atomic E-state index is 0.263. The Morgan fingerprint density at radius 1 is 1.36 bits per heavy atom. The second-order valence-corrected chi connectivity index (χ2v) is 5.32. The predicted molar refractivity (Wildman–Crippen MR) is 79.2 cm³/mol. The van der Waals surface area contributed by atoms with Crippen molar-refractivity contribution in [1.82, 2.24) is 9.80 Å². The minimum atomic E-state index is -2.36. The number of halogens is 3. The van der Waals surface area contributed by atoms with Crippen molar-refractivity contribution in [1.29, 1.82) is 5.26 Å². The number of piperazine rings is 1. The maximum atomic E-state index is 12.3. The summed E-state index contributed by atoms with van der Waals surface area (Å²) in [5.41, 5.74) is 0.823. The van der Waals surface area contributed by atoms with Crippen LogP contribution in [0, 0.1) is 11.3 Å². The second-order valence-electron chi connectivity index (χ2n) is 4.92. The van der Waals surface area contributed by atoms with Gasteiger partial charge in [-0.1, -0.05) is 11.6 Å². The molecule has 2 rings (SSSR count). The predicted octanol–water partition coefficient (Wildman–Crippen LogP) is 2.63. The molecule has 0 radical (unpaired) electrons. The van der Waals surface area contributed by atoms with Gasteiger partial charge in [-0.05, 0) is 18.2 Å². The number of hydrogen-bond acceptors (Lipinski definition) is 3. The molecule has 0 bridgehead atoms. The number of amides is 2. The number of nitriles is 1. The maximum absolute atomic E-state index is 12.3. The van der Waals surface area contributed by atoms with Crippen molar-refractivity contribution in [3.05, 3.63) is 28.8 Å². The fraction of sp³-hybridized carbons (Fsp3) is 0.429. The fourth-order valence-corrected chi connectivity index (χ4v) is 2.44. The third-order valence-corrected chi connectivity index (χ3v) is 3.71. The monoisotopic (exact) mass is 328 g/mol. The normalized spacial score (nSPS) is 15.7. The summed E-state index contributed by atoms with van der Waals surface area (Å²) in [7, 11) is 0. The summed E-state index contributed by atoms with van der Waals surface area (Å²) >= 11 is 5.90. The maximum Gasteiger partial charge on any atom is 0.321 e. The van der Waals surface area contributed by atoms with Crippen molar-refractivity contribution in [2.45, 2.75) is 6.43 Å². The summed E-state index contributed by atoms with van der Waals surface area (Å²) in [6.45, 7) is 1.36. The largest absolute Gasteiger partial charge is 0.322 e. The number of nitrogens with zero attached hydrogens (tertiary/aromatic N) is 3. The van der Waals surface area contributed by atoms with Crippen LogP contribution in [0.15, 0.2) is 18.2 Å². The van der Waals surface area contributed by atoms with Gasteiger partial charge in [-0.3, -0.25) is 4.90 Å². The number of urea groups is 1. The van der Waals surface area contributed by atoms with E-state index in [4.69, 9.17) is 16.9 Å². The Balaban J connectivity index is 1.88. The molecule has 5 nitrogen and oxygen atoms in total. The molecule has 22 heavy (non-hydrogen) atoms. The third-order valence-electron chi connectivity index (χ3n) is 3.40. The molecule has 1 heterocycles. The highest BCUT2D eigenvalue weighted by molar-refractivity contribution is 6.32. The highest BCUT2D eigenvalue weighted by Crippen LogP contribution is 2.20. The van der Waals surface area contributed by atoms with Gasteiger partial charge in [0.1, 0.15) is 6.07 Å². The molecular weight excluding hydrogens is 314 g/mol. The number of alkyl halides is 2. The number of rotatable bonds is 3. The number of carbonyl (C=O) groups excluding carboxylic acids is 1. The molecule has 1 aliphatic rings. The van der Waals surface area contributed by atoms with E-state index in [2.05, 4.69) is 5.32 Å². The minimum Gasteiger partial charge on any atom is -0.322 e. The Bertz CT molecular complexity index is 583. The Morgan fingerprint density at radius 2 is 2.05 bits per heavy atom. The lowest BCUT2D eigenvalue weighted by Gasteiger charge is -2.34. The molecule has 118 valence electrons. The molecule has 0 spiro atoms. The number of anilines is 1. The first-order chi connectivity index (χ1) is 10.5. The van der Waals surface area contributed by atoms with Gasteiger partial charge in [-0.2, -0.15) is 5.26 Å². The van der Waals surface area contributed by atoms with Gasteiger partial charge in [0.15, 0.2) is 0 Å². The van der Waals surface area contributed by atoms with Crippen LogP contribution in [0.1, 0.15) is 5.56 Å². The lowest BCUT2D eigenvalue weighted by Crippen LogP contribution is -2.50. The van der Waals surface area contributed by atoms with E-state index in [1.165, 1.54) is 12.1 Å². The van der Waals surface area contributed by atoms with Crippen molar-refractivity contribution in [2.24, 2.45) is 0 Å². The van der Waals surface area contributed by atoms with E-state index in [-0.39, 0.29) is 17.6 Å². The molecule has 0 atom stereocenters. The first kappa shape index (κ1) is 16.5. The number of benzene rings is 1. The summed E-state index contributed by atoms with van der Waals surface area (Å²) in [4.78, 5) is 15.3. The van der Waals surface area contributed by atoms with Crippen LogP contribution < -0.4 is 5.32 Å². The van der Waals surface area contributed by atoms with E-state index in [1.807, 2.05) is 6.07 Å². The SMILES string of the molecule is N#Cc1ccc(NC(=O)N2CCN(CC(F)F)CC2)cc1Cl. The molecule has 1 aliphatic heterocycles. The zero-order chi connectivity index (χ0) is 16.1. The molecule has 1 aromatic carbocycles. The number of hydrogen-bond donors (Lipinski definition) is 1. The van der Waals surface area contributed by atoms with Crippen LogP contribution in [0.25, 0.3) is 0 Å². The van der Waals surface area contributed by atoms with E-state index in [0.717, 1.165) is 0 Å². The van der Waals surface area contributed by atoms with Gasteiger partial charge < -0.3 is 10.2 Å². The molecule has 1 N–H and O–H groups in total. The quantitative estimate of drug-likeness (QED) is 0.928. The smallest absolute Gasteiger partial charge is 0.321 e. The Hall–Kier alpha value is -1.91. The van der Waals surface area contributed by atoms with Crippen molar-refractivity contribution in [3.8, 4) is 6.07 Å². The lowest BCUT2D eigenvalue weighted by molar-refractivity contribution is 0.0651. The summed E-state index contributed by atoms with van der Waals surface area (Å²) in [5.74, 6) is 0. The summed E-state index contributed by atoms with van der Waals surface area (Å²) in [6, 6.07) is 6.25. The second kappa shape index (κ2) is 7.38. The molecule has 1 aromatic rings.